The van der Waals surface area contributed by atoms with Crippen molar-refractivity contribution in [3.63, 3.8) is 0 Å². The van der Waals surface area contributed by atoms with Crippen molar-refractivity contribution in [2.75, 3.05) is 7.11 Å². The van der Waals surface area contributed by atoms with Crippen LogP contribution in [0.2, 0.25) is 5.02 Å². The molecule has 0 aromatic heterocycles. The first-order chi connectivity index (χ1) is 7.17. The SMILES string of the molecule is CCC(N)C#Cc1ccc(Cl)c(OC)c1. The van der Waals surface area contributed by atoms with Gasteiger partial charge < -0.3 is 10.5 Å². The van der Waals surface area contributed by atoms with Crippen LogP contribution in [0.15, 0.2) is 18.2 Å². The Bertz CT molecular complexity index is 392. The summed E-state index contributed by atoms with van der Waals surface area (Å²) in [4.78, 5) is 0. The predicted molar refractivity (Wildman–Crippen MR) is 63.1 cm³/mol. The fourth-order valence-electron chi connectivity index (χ4n) is 1.02. The second kappa shape index (κ2) is 5.65. The van der Waals surface area contributed by atoms with Crippen LogP contribution < -0.4 is 10.5 Å². The zero-order chi connectivity index (χ0) is 11.3. The van der Waals surface area contributed by atoms with E-state index in [1.807, 2.05) is 13.0 Å². The molecule has 0 radical (unpaired) electrons. The number of halogens is 1. The van der Waals surface area contributed by atoms with Crippen LogP contribution in [0.5, 0.6) is 5.75 Å². The molecule has 1 rings (SSSR count). The summed E-state index contributed by atoms with van der Waals surface area (Å²) in [5, 5.41) is 0.586. The highest BCUT2D eigenvalue weighted by Gasteiger charge is 1.99. The fourth-order valence-corrected chi connectivity index (χ4v) is 1.21. The molecule has 15 heavy (non-hydrogen) atoms. The number of hydrogen-bond donors (Lipinski definition) is 1. The largest absolute Gasteiger partial charge is 0.495 e. The topological polar surface area (TPSA) is 35.2 Å². The van der Waals surface area contributed by atoms with E-state index >= 15 is 0 Å². The summed E-state index contributed by atoms with van der Waals surface area (Å²) < 4.78 is 5.09. The molecule has 1 aromatic carbocycles. The van der Waals surface area contributed by atoms with Gasteiger partial charge in [-0.1, -0.05) is 30.4 Å². The summed E-state index contributed by atoms with van der Waals surface area (Å²) in [6.45, 7) is 2.00. The highest BCUT2D eigenvalue weighted by Crippen LogP contribution is 2.24. The lowest BCUT2D eigenvalue weighted by molar-refractivity contribution is 0.415. The average molecular weight is 224 g/mol. The maximum absolute atomic E-state index is 5.89. The van der Waals surface area contributed by atoms with E-state index in [2.05, 4.69) is 11.8 Å². The predicted octanol–water partition coefficient (Wildman–Crippen LogP) is 2.44. The molecule has 1 atom stereocenters. The third-order valence-corrected chi connectivity index (χ3v) is 2.31. The Morgan fingerprint density at radius 1 is 1.53 bits per heavy atom. The first kappa shape index (κ1) is 11.9. The van der Waals surface area contributed by atoms with Crippen LogP contribution in [0.1, 0.15) is 18.9 Å². The van der Waals surface area contributed by atoms with Crippen molar-refractivity contribution in [2.45, 2.75) is 19.4 Å². The number of ether oxygens (including phenoxy) is 1. The minimum Gasteiger partial charge on any atom is -0.495 e. The van der Waals surface area contributed by atoms with Gasteiger partial charge in [-0.15, -0.1) is 0 Å². The molecule has 1 aromatic rings. The van der Waals surface area contributed by atoms with Gasteiger partial charge in [0.1, 0.15) is 5.75 Å². The molecule has 0 heterocycles. The monoisotopic (exact) mass is 223 g/mol. The van der Waals surface area contributed by atoms with E-state index in [4.69, 9.17) is 22.1 Å². The number of nitrogens with two attached hydrogens (primary N) is 1. The Hall–Kier alpha value is -1.17. The lowest BCUT2D eigenvalue weighted by Gasteiger charge is -2.02. The highest BCUT2D eigenvalue weighted by atomic mass is 35.5. The molecule has 80 valence electrons. The average Bonchev–Trinajstić information content (AvgIpc) is 2.27. The van der Waals surface area contributed by atoms with Gasteiger partial charge in [0.25, 0.3) is 0 Å². The molecule has 0 fully saturated rings. The Labute approximate surface area is 95.4 Å². The third kappa shape index (κ3) is 3.47. The molecule has 0 saturated heterocycles. The summed E-state index contributed by atoms with van der Waals surface area (Å²) in [7, 11) is 1.58. The first-order valence-electron chi connectivity index (χ1n) is 4.78. The Morgan fingerprint density at radius 3 is 2.87 bits per heavy atom. The fraction of sp³-hybridized carbons (Fsp3) is 0.333. The van der Waals surface area contributed by atoms with Crippen LogP contribution >= 0.6 is 11.6 Å². The Morgan fingerprint density at radius 2 is 2.27 bits per heavy atom. The van der Waals surface area contributed by atoms with E-state index in [0.717, 1.165) is 12.0 Å². The molecule has 0 amide bonds. The van der Waals surface area contributed by atoms with Crippen molar-refractivity contribution in [3.05, 3.63) is 28.8 Å². The van der Waals surface area contributed by atoms with Gasteiger partial charge in [0, 0.05) is 5.56 Å². The van der Waals surface area contributed by atoms with E-state index in [9.17, 15) is 0 Å². The first-order valence-corrected chi connectivity index (χ1v) is 5.15. The standard InChI is InChI=1S/C12H14ClNO/c1-3-10(14)6-4-9-5-7-11(13)12(8-9)15-2/h5,7-8,10H,3,14H2,1-2H3. The molecule has 0 aliphatic rings. The molecule has 3 heteroatoms. The molecule has 2 nitrogen and oxygen atoms in total. The normalized spacial score (nSPS) is 11.5. The van der Waals surface area contributed by atoms with Gasteiger partial charge in [-0.2, -0.15) is 0 Å². The quantitative estimate of drug-likeness (QED) is 0.782. The van der Waals surface area contributed by atoms with E-state index in [1.165, 1.54) is 0 Å². The van der Waals surface area contributed by atoms with E-state index < -0.39 is 0 Å². The van der Waals surface area contributed by atoms with Gasteiger partial charge in [0.2, 0.25) is 0 Å². The molecule has 2 N–H and O–H groups in total. The maximum Gasteiger partial charge on any atom is 0.138 e. The smallest absolute Gasteiger partial charge is 0.138 e. The minimum atomic E-state index is -0.0772. The second-order valence-corrected chi connectivity index (χ2v) is 3.54. The van der Waals surface area contributed by atoms with Gasteiger partial charge in [0.15, 0.2) is 0 Å². The molecular weight excluding hydrogens is 210 g/mol. The van der Waals surface area contributed by atoms with Crippen molar-refractivity contribution in [2.24, 2.45) is 5.73 Å². The molecule has 0 spiro atoms. The summed E-state index contributed by atoms with van der Waals surface area (Å²) >= 11 is 5.89. The van der Waals surface area contributed by atoms with E-state index in [0.29, 0.717) is 10.8 Å². The zero-order valence-electron chi connectivity index (χ0n) is 8.88. The van der Waals surface area contributed by atoms with E-state index in [1.54, 1.807) is 19.2 Å². The van der Waals surface area contributed by atoms with Gasteiger partial charge in [0.05, 0.1) is 18.2 Å². The molecule has 0 bridgehead atoms. The lowest BCUT2D eigenvalue weighted by atomic mass is 10.2. The van der Waals surface area contributed by atoms with Crippen LogP contribution in [-0.2, 0) is 0 Å². The van der Waals surface area contributed by atoms with Crippen molar-refractivity contribution < 1.29 is 4.74 Å². The number of rotatable bonds is 2. The van der Waals surface area contributed by atoms with Crippen molar-refractivity contribution in [1.29, 1.82) is 0 Å². The molecule has 1 unspecified atom stereocenters. The molecule has 0 aliphatic carbocycles. The minimum absolute atomic E-state index is 0.0772. The highest BCUT2D eigenvalue weighted by molar-refractivity contribution is 6.32. The van der Waals surface area contributed by atoms with Crippen LogP contribution in [0.25, 0.3) is 0 Å². The zero-order valence-corrected chi connectivity index (χ0v) is 9.64. The van der Waals surface area contributed by atoms with Crippen LogP contribution in [0.4, 0.5) is 0 Å². The number of hydrogen-bond acceptors (Lipinski definition) is 2. The molecule has 0 saturated carbocycles. The van der Waals surface area contributed by atoms with Crippen molar-refractivity contribution in [3.8, 4) is 17.6 Å². The number of methoxy groups -OCH3 is 1. The van der Waals surface area contributed by atoms with Crippen LogP contribution in [0, 0.1) is 11.8 Å². The Balaban J connectivity index is 2.90. The Kier molecular flexibility index (Phi) is 4.48. The van der Waals surface area contributed by atoms with E-state index in [-0.39, 0.29) is 6.04 Å². The van der Waals surface area contributed by atoms with Gasteiger partial charge in [-0.3, -0.25) is 0 Å². The number of benzene rings is 1. The lowest BCUT2D eigenvalue weighted by Crippen LogP contribution is -2.15. The van der Waals surface area contributed by atoms with Gasteiger partial charge >= 0.3 is 0 Å². The van der Waals surface area contributed by atoms with Gasteiger partial charge in [-0.25, -0.2) is 0 Å². The summed E-state index contributed by atoms with van der Waals surface area (Å²) in [6.07, 6.45) is 0.845. The van der Waals surface area contributed by atoms with Crippen LogP contribution in [0.3, 0.4) is 0 Å². The molecular formula is C12H14ClNO. The van der Waals surface area contributed by atoms with Crippen molar-refractivity contribution >= 4 is 11.6 Å². The van der Waals surface area contributed by atoms with Gasteiger partial charge in [-0.05, 0) is 24.6 Å². The summed E-state index contributed by atoms with van der Waals surface area (Å²) in [6, 6.07) is 5.34. The maximum atomic E-state index is 5.89. The van der Waals surface area contributed by atoms with Crippen LogP contribution in [-0.4, -0.2) is 13.2 Å². The summed E-state index contributed by atoms with van der Waals surface area (Å²) in [5.41, 5.74) is 6.55. The summed E-state index contributed by atoms with van der Waals surface area (Å²) in [5.74, 6) is 6.57. The molecule has 0 aliphatic heterocycles. The third-order valence-electron chi connectivity index (χ3n) is 1.99. The van der Waals surface area contributed by atoms with Crippen molar-refractivity contribution in [1.82, 2.24) is 0 Å². The second-order valence-electron chi connectivity index (χ2n) is 3.13.